The number of halogens is 7. The minimum Gasteiger partial charge on any atom is -0.429 e. The maximum Gasteiger partial charge on any atom is 0.429 e. The maximum absolute atomic E-state index is 14.8. The fourth-order valence-electron chi connectivity index (χ4n) is 3.82. The van der Waals surface area contributed by atoms with E-state index in [4.69, 9.17) is 0 Å². The van der Waals surface area contributed by atoms with E-state index in [0.717, 1.165) is 43.5 Å². The fraction of sp³-hybridized carbons (Fsp3) is 0.161. The highest BCUT2D eigenvalue weighted by Gasteiger charge is 2.38. The Hall–Kier alpha value is -4.25. The van der Waals surface area contributed by atoms with Crippen LogP contribution in [0.15, 0.2) is 72.8 Å². The Kier molecular flexibility index (Phi) is 8.29. The van der Waals surface area contributed by atoms with Gasteiger partial charge in [0.2, 0.25) is 0 Å². The van der Waals surface area contributed by atoms with Crippen molar-refractivity contribution in [1.82, 2.24) is 0 Å². The molecule has 0 saturated carbocycles. The molecular formula is C31H21F7O. The lowest BCUT2D eigenvalue weighted by molar-refractivity contribution is -0.187. The van der Waals surface area contributed by atoms with E-state index in [1.54, 1.807) is 0 Å². The monoisotopic (exact) mass is 542 g/mol. The normalized spacial score (nSPS) is 11.2. The number of hydrogen-bond donors (Lipinski definition) is 0. The number of benzene rings is 4. The van der Waals surface area contributed by atoms with Gasteiger partial charge >= 0.3 is 6.11 Å². The molecule has 4 rings (SSSR count). The summed E-state index contributed by atoms with van der Waals surface area (Å²) in [5.74, 6) is -2.34. The van der Waals surface area contributed by atoms with Crippen molar-refractivity contribution in [3.8, 4) is 28.7 Å². The molecule has 0 N–H and O–H groups in total. The van der Waals surface area contributed by atoms with E-state index >= 15 is 0 Å². The molecule has 0 saturated heterocycles. The highest BCUT2D eigenvalue weighted by atomic mass is 19.3. The molecule has 0 spiro atoms. The number of hydrogen-bond acceptors (Lipinski definition) is 1. The molecule has 0 atom stereocenters. The Morgan fingerprint density at radius 1 is 0.692 bits per heavy atom. The van der Waals surface area contributed by atoms with Crippen molar-refractivity contribution in [2.45, 2.75) is 32.3 Å². The van der Waals surface area contributed by atoms with Crippen molar-refractivity contribution in [2.24, 2.45) is 0 Å². The second-order valence-electron chi connectivity index (χ2n) is 8.76. The molecule has 0 aliphatic heterocycles. The lowest BCUT2D eigenvalue weighted by Crippen LogP contribution is -2.23. The molecule has 0 heterocycles. The molecule has 8 heteroatoms. The van der Waals surface area contributed by atoms with Crippen LogP contribution in [0.2, 0.25) is 0 Å². The Morgan fingerprint density at radius 2 is 1.33 bits per heavy atom. The Labute approximate surface area is 220 Å². The Bertz CT molecular complexity index is 1530. The topological polar surface area (TPSA) is 9.23 Å². The van der Waals surface area contributed by atoms with E-state index in [2.05, 4.69) is 23.5 Å². The molecule has 0 aromatic heterocycles. The molecule has 0 aliphatic carbocycles. The third-order valence-electron chi connectivity index (χ3n) is 5.89. The van der Waals surface area contributed by atoms with Gasteiger partial charge in [-0.25, -0.2) is 22.0 Å². The van der Waals surface area contributed by atoms with Crippen LogP contribution in [0, 0.1) is 40.9 Å². The molecule has 0 unspecified atom stereocenters. The summed E-state index contributed by atoms with van der Waals surface area (Å²) in [4.78, 5) is 0. The van der Waals surface area contributed by atoms with Gasteiger partial charge in [0, 0.05) is 22.8 Å². The molecule has 0 bridgehead atoms. The maximum atomic E-state index is 14.8. The van der Waals surface area contributed by atoms with E-state index in [-0.39, 0.29) is 16.7 Å². The first-order chi connectivity index (χ1) is 18.6. The molecule has 0 fully saturated rings. The van der Waals surface area contributed by atoms with Gasteiger partial charge in [-0.3, -0.25) is 0 Å². The lowest BCUT2D eigenvalue weighted by Gasteiger charge is -2.19. The van der Waals surface area contributed by atoms with Crippen LogP contribution in [0.4, 0.5) is 30.7 Å². The minimum atomic E-state index is -4.19. The average Bonchev–Trinajstić information content (AvgIpc) is 2.89. The predicted molar refractivity (Wildman–Crippen MR) is 134 cm³/mol. The van der Waals surface area contributed by atoms with E-state index in [1.165, 1.54) is 11.6 Å². The molecule has 0 amide bonds. The van der Waals surface area contributed by atoms with E-state index in [9.17, 15) is 30.7 Å². The van der Waals surface area contributed by atoms with Crippen LogP contribution >= 0.6 is 0 Å². The van der Waals surface area contributed by atoms with Crippen LogP contribution in [0.25, 0.3) is 11.1 Å². The SMILES string of the molecule is CCCCc1ccc(C#Cc2ccc(C(F)(F)Oc3ccc(-c4cc(F)c(F)c(F)c4)c(F)c3)c(F)c2)cc1. The van der Waals surface area contributed by atoms with Gasteiger partial charge in [-0.05, 0) is 78.6 Å². The number of aryl methyl sites for hydroxylation is 1. The smallest absolute Gasteiger partial charge is 0.429 e. The zero-order valence-electron chi connectivity index (χ0n) is 20.6. The van der Waals surface area contributed by atoms with Crippen LogP contribution in [-0.4, -0.2) is 0 Å². The van der Waals surface area contributed by atoms with E-state index in [0.29, 0.717) is 23.8 Å². The fourth-order valence-corrected chi connectivity index (χ4v) is 3.82. The van der Waals surface area contributed by atoms with Crippen LogP contribution in [0.1, 0.15) is 42.0 Å². The molecular weight excluding hydrogens is 521 g/mol. The van der Waals surface area contributed by atoms with Crippen molar-refractivity contribution in [3.63, 3.8) is 0 Å². The predicted octanol–water partition coefficient (Wildman–Crippen LogP) is 8.92. The summed E-state index contributed by atoms with van der Waals surface area (Å²) in [5, 5.41) is 0. The molecule has 1 nitrogen and oxygen atoms in total. The molecule has 4 aromatic rings. The van der Waals surface area contributed by atoms with Crippen molar-refractivity contribution < 1.29 is 35.5 Å². The summed E-state index contributed by atoms with van der Waals surface area (Å²) in [7, 11) is 0. The highest BCUT2D eigenvalue weighted by Crippen LogP contribution is 2.35. The van der Waals surface area contributed by atoms with Gasteiger partial charge in [0.15, 0.2) is 17.5 Å². The Balaban J connectivity index is 1.50. The first-order valence-electron chi connectivity index (χ1n) is 12.0. The summed E-state index contributed by atoms with van der Waals surface area (Å²) in [6, 6.07) is 14.0. The minimum absolute atomic E-state index is 0.163. The third kappa shape index (κ3) is 6.61. The van der Waals surface area contributed by atoms with E-state index in [1.807, 2.05) is 24.3 Å². The van der Waals surface area contributed by atoms with Gasteiger partial charge in [0.1, 0.15) is 22.9 Å². The molecule has 39 heavy (non-hydrogen) atoms. The average molecular weight is 542 g/mol. The second-order valence-corrected chi connectivity index (χ2v) is 8.76. The Morgan fingerprint density at radius 3 is 1.95 bits per heavy atom. The largest absolute Gasteiger partial charge is 0.429 e. The first-order valence-corrected chi connectivity index (χ1v) is 12.0. The van der Waals surface area contributed by atoms with Crippen molar-refractivity contribution in [1.29, 1.82) is 0 Å². The van der Waals surface area contributed by atoms with E-state index < -0.39 is 46.5 Å². The van der Waals surface area contributed by atoms with Gasteiger partial charge in [-0.2, -0.15) is 8.78 Å². The van der Waals surface area contributed by atoms with Crippen LogP contribution in [0.5, 0.6) is 5.75 Å². The number of unbranched alkanes of at least 4 members (excludes halogenated alkanes) is 1. The summed E-state index contributed by atoms with van der Waals surface area (Å²) in [6.45, 7) is 2.11. The highest BCUT2D eigenvalue weighted by molar-refractivity contribution is 5.65. The summed E-state index contributed by atoms with van der Waals surface area (Å²) in [5.41, 5.74) is 0.195. The number of ether oxygens (including phenoxy) is 1. The van der Waals surface area contributed by atoms with Crippen LogP contribution < -0.4 is 4.74 Å². The zero-order chi connectivity index (χ0) is 28.2. The summed E-state index contributed by atoms with van der Waals surface area (Å²) >= 11 is 0. The summed E-state index contributed by atoms with van der Waals surface area (Å²) < 4.78 is 103. The number of rotatable bonds is 7. The van der Waals surface area contributed by atoms with Crippen LogP contribution in [0.3, 0.4) is 0 Å². The molecule has 4 aromatic carbocycles. The quantitative estimate of drug-likeness (QED) is 0.129. The van der Waals surface area contributed by atoms with Gasteiger partial charge in [-0.15, -0.1) is 0 Å². The standard InChI is InChI=1S/C31H21F7O/c1-2-3-4-19-5-7-20(8-6-19)9-10-21-11-14-25(27(33)15-21)31(37,38)39-23-12-13-24(26(32)18-23)22-16-28(34)30(36)29(35)17-22/h5-8,11-18H,2-4H2,1H3. The van der Waals surface area contributed by atoms with Crippen molar-refractivity contribution in [3.05, 3.63) is 124 Å². The zero-order valence-corrected chi connectivity index (χ0v) is 20.6. The van der Waals surface area contributed by atoms with Gasteiger partial charge in [0.05, 0.1) is 0 Å². The van der Waals surface area contributed by atoms with Crippen molar-refractivity contribution in [2.75, 3.05) is 0 Å². The first kappa shape index (κ1) is 27.8. The lowest BCUT2D eigenvalue weighted by atomic mass is 10.0. The van der Waals surface area contributed by atoms with Gasteiger partial charge in [0.25, 0.3) is 0 Å². The molecule has 0 radical (unpaired) electrons. The second kappa shape index (κ2) is 11.6. The molecule has 0 aliphatic rings. The summed E-state index contributed by atoms with van der Waals surface area (Å²) in [6.07, 6.45) is -1.08. The van der Waals surface area contributed by atoms with Crippen molar-refractivity contribution >= 4 is 0 Å². The molecule has 200 valence electrons. The third-order valence-corrected chi connectivity index (χ3v) is 5.89. The van der Waals surface area contributed by atoms with Crippen LogP contribution in [-0.2, 0) is 12.5 Å². The number of alkyl halides is 2. The van der Waals surface area contributed by atoms with Gasteiger partial charge in [-0.1, -0.05) is 37.3 Å². The van der Waals surface area contributed by atoms with Gasteiger partial charge < -0.3 is 4.74 Å².